The number of imidazole rings is 1. The molecule has 31 heavy (non-hydrogen) atoms. The molecule has 4 rings (SSSR count). The Bertz CT molecular complexity index is 1280. The number of aliphatic hydroxyl groups is 1. The van der Waals surface area contributed by atoms with Crippen LogP contribution in [0.25, 0.3) is 11.2 Å². The lowest BCUT2D eigenvalue weighted by molar-refractivity contribution is 0.0914. The number of nitrogens with zero attached hydrogens (tertiary/aromatic N) is 3. The van der Waals surface area contributed by atoms with Crippen LogP contribution in [0, 0.1) is 0 Å². The summed E-state index contributed by atoms with van der Waals surface area (Å²) in [6.45, 7) is 0.151. The van der Waals surface area contributed by atoms with E-state index < -0.39 is 17.4 Å². The second-order valence-electron chi connectivity index (χ2n) is 7.05. The van der Waals surface area contributed by atoms with E-state index in [9.17, 15) is 14.7 Å². The molecule has 160 valence electrons. The molecule has 9 heteroatoms. The molecule has 0 radical (unpaired) electrons. The summed E-state index contributed by atoms with van der Waals surface area (Å²) in [6, 6.07) is 19.1. The van der Waals surface area contributed by atoms with Gasteiger partial charge in [0.25, 0.3) is 5.56 Å². The van der Waals surface area contributed by atoms with Gasteiger partial charge in [0.1, 0.15) is 18.5 Å². The van der Waals surface area contributed by atoms with E-state index in [4.69, 9.17) is 4.74 Å². The Morgan fingerprint density at radius 2 is 1.77 bits per heavy atom. The zero-order valence-corrected chi connectivity index (χ0v) is 17.7. The first-order chi connectivity index (χ1) is 15.0. The molecule has 0 saturated heterocycles. The largest absolute Gasteiger partial charge is 0.491 e. The zero-order valence-electron chi connectivity index (χ0n) is 16.9. The number of thioether (sulfide) groups is 1. The first-order valence-corrected chi connectivity index (χ1v) is 10.7. The van der Waals surface area contributed by atoms with Crippen molar-refractivity contribution in [3.05, 3.63) is 87.1 Å². The Morgan fingerprint density at radius 3 is 2.48 bits per heavy atom. The summed E-state index contributed by atoms with van der Waals surface area (Å²) in [6.07, 6.45) is -0.884. The minimum absolute atomic E-state index is 0.0517. The predicted molar refractivity (Wildman–Crippen MR) is 120 cm³/mol. The predicted octanol–water partition coefficient (Wildman–Crippen LogP) is 2.16. The van der Waals surface area contributed by atoms with E-state index in [1.54, 1.807) is 23.7 Å². The Morgan fingerprint density at radius 1 is 1.10 bits per heavy atom. The lowest BCUT2D eigenvalue weighted by Crippen LogP contribution is -2.30. The minimum Gasteiger partial charge on any atom is -0.491 e. The van der Waals surface area contributed by atoms with Gasteiger partial charge >= 0.3 is 5.69 Å². The Kier molecular flexibility index (Phi) is 6.24. The Balaban J connectivity index is 1.63. The monoisotopic (exact) mass is 438 g/mol. The summed E-state index contributed by atoms with van der Waals surface area (Å²) in [7, 11) is 1.55. The summed E-state index contributed by atoms with van der Waals surface area (Å²) in [5.41, 5.74) is 0.557. The molecular formula is C22H22N4O4S. The van der Waals surface area contributed by atoms with E-state index in [1.165, 1.54) is 16.3 Å². The molecule has 0 saturated carbocycles. The van der Waals surface area contributed by atoms with Gasteiger partial charge in [-0.2, -0.15) is 0 Å². The minimum atomic E-state index is -0.884. The van der Waals surface area contributed by atoms with Crippen LogP contribution in [0.1, 0.15) is 5.56 Å². The van der Waals surface area contributed by atoms with Crippen molar-refractivity contribution in [1.82, 2.24) is 19.1 Å². The second kappa shape index (κ2) is 9.23. The number of benzene rings is 2. The molecule has 8 nitrogen and oxygen atoms in total. The highest BCUT2D eigenvalue weighted by Gasteiger charge is 2.20. The number of aliphatic hydroxyl groups excluding tert-OH is 1. The average molecular weight is 439 g/mol. The summed E-state index contributed by atoms with van der Waals surface area (Å²) in [5, 5.41) is 11.1. The van der Waals surface area contributed by atoms with Crippen molar-refractivity contribution < 1.29 is 9.84 Å². The first-order valence-electron chi connectivity index (χ1n) is 9.75. The van der Waals surface area contributed by atoms with Crippen LogP contribution in [-0.4, -0.2) is 36.9 Å². The van der Waals surface area contributed by atoms with Gasteiger partial charge in [0.2, 0.25) is 0 Å². The molecule has 2 heterocycles. The van der Waals surface area contributed by atoms with E-state index in [0.717, 1.165) is 5.56 Å². The van der Waals surface area contributed by atoms with Crippen LogP contribution in [0.4, 0.5) is 0 Å². The lowest BCUT2D eigenvalue weighted by atomic mass is 10.2. The SMILES string of the molecule is Cn1c(=O)[nH]c(=O)c2c1nc(SCc1ccccc1)n2C[C@@H](O)COc1ccccc1. The summed E-state index contributed by atoms with van der Waals surface area (Å²) < 4.78 is 8.59. The van der Waals surface area contributed by atoms with Crippen molar-refractivity contribution in [3.63, 3.8) is 0 Å². The molecule has 0 amide bonds. The fraction of sp³-hybridized carbons (Fsp3) is 0.227. The maximum absolute atomic E-state index is 12.6. The number of ether oxygens (including phenoxy) is 1. The highest BCUT2D eigenvalue weighted by Crippen LogP contribution is 2.25. The van der Waals surface area contributed by atoms with Crippen molar-refractivity contribution in [2.45, 2.75) is 23.6 Å². The van der Waals surface area contributed by atoms with Crippen molar-refractivity contribution in [2.24, 2.45) is 7.05 Å². The third-order valence-electron chi connectivity index (χ3n) is 4.76. The third kappa shape index (κ3) is 4.73. The van der Waals surface area contributed by atoms with E-state index in [2.05, 4.69) is 9.97 Å². The average Bonchev–Trinajstić information content (AvgIpc) is 3.15. The number of hydrogen-bond donors (Lipinski definition) is 2. The molecule has 0 spiro atoms. The van der Waals surface area contributed by atoms with Gasteiger partial charge in [-0.3, -0.25) is 14.3 Å². The molecule has 0 aliphatic carbocycles. The van der Waals surface area contributed by atoms with Crippen LogP contribution in [0.5, 0.6) is 5.75 Å². The third-order valence-corrected chi connectivity index (χ3v) is 5.81. The number of aromatic nitrogens is 4. The Labute approximate surface area is 182 Å². The number of rotatable bonds is 8. The maximum Gasteiger partial charge on any atom is 0.329 e. The van der Waals surface area contributed by atoms with Crippen LogP contribution in [-0.2, 0) is 19.3 Å². The molecule has 0 fully saturated rings. The van der Waals surface area contributed by atoms with Gasteiger partial charge in [-0.25, -0.2) is 9.78 Å². The normalized spacial score (nSPS) is 12.2. The lowest BCUT2D eigenvalue weighted by Gasteiger charge is -2.15. The fourth-order valence-electron chi connectivity index (χ4n) is 3.19. The van der Waals surface area contributed by atoms with Gasteiger partial charge < -0.3 is 14.4 Å². The smallest absolute Gasteiger partial charge is 0.329 e. The van der Waals surface area contributed by atoms with Crippen LogP contribution in [0.15, 0.2) is 75.4 Å². The van der Waals surface area contributed by atoms with E-state index in [1.807, 2.05) is 48.5 Å². The number of H-pyrrole nitrogens is 1. The molecular weight excluding hydrogens is 416 g/mol. The fourth-order valence-corrected chi connectivity index (χ4v) is 4.15. The molecule has 1 atom stereocenters. The van der Waals surface area contributed by atoms with E-state index >= 15 is 0 Å². The Hall–Kier alpha value is -3.30. The van der Waals surface area contributed by atoms with E-state index in [0.29, 0.717) is 16.7 Å². The molecule has 2 aromatic carbocycles. The molecule has 4 aromatic rings. The van der Waals surface area contributed by atoms with Gasteiger partial charge in [-0.05, 0) is 17.7 Å². The van der Waals surface area contributed by atoms with Gasteiger partial charge in [-0.1, -0.05) is 60.3 Å². The molecule has 0 unspecified atom stereocenters. The number of hydrogen-bond acceptors (Lipinski definition) is 6. The second-order valence-corrected chi connectivity index (χ2v) is 7.99. The van der Waals surface area contributed by atoms with Gasteiger partial charge in [0, 0.05) is 12.8 Å². The van der Waals surface area contributed by atoms with Crippen molar-refractivity contribution in [1.29, 1.82) is 0 Å². The topological polar surface area (TPSA) is 102 Å². The van der Waals surface area contributed by atoms with Crippen LogP contribution >= 0.6 is 11.8 Å². The number of nitrogens with one attached hydrogen (secondary N) is 1. The van der Waals surface area contributed by atoms with E-state index in [-0.39, 0.29) is 24.3 Å². The number of aryl methyl sites for hydroxylation is 1. The summed E-state index contributed by atoms with van der Waals surface area (Å²) >= 11 is 1.44. The van der Waals surface area contributed by atoms with Crippen LogP contribution in [0.3, 0.4) is 0 Å². The molecule has 2 aromatic heterocycles. The highest BCUT2D eigenvalue weighted by molar-refractivity contribution is 7.98. The highest BCUT2D eigenvalue weighted by atomic mass is 32.2. The van der Waals surface area contributed by atoms with Gasteiger partial charge in [0.15, 0.2) is 16.3 Å². The summed E-state index contributed by atoms with van der Waals surface area (Å²) in [5.74, 6) is 1.28. The number of aromatic amines is 1. The standard InChI is InChI=1S/C22H22N4O4S/c1-25-19-18(20(28)24-21(25)29)26(12-16(27)13-30-17-10-6-3-7-11-17)22(23-19)31-14-15-8-4-2-5-9-15/h2-11,16,27H,12-14H2,1H3,(H,24,28,29)/t16-/m1/s1. The zero-order chi connectivity index (χ0) is 21.8. The maximum atomic E-state index is 12.6. The molecule has 2 N–H and O–H groups in total. The van der Waals surface area contributed by atoms with Crippen molar-refractivity contribution in [3.8, 4) is 5.75 Å². The van der Waals surface area contributed by atoms with Crippen LogP contribution < -0.4 is 16.0 Å². The van der Waals surface area contributed by atoms with Crippen molar-refractivity contribution in [2.75, 3.05) is 6.61 Å². The summed E-state index contributed by atoms with van der Waals surface area (Å²) in [4.78, 5) is 31.4. The first kappa shape index (κ1) is 21.0. The molecule has 0 bridgehead atoms. The number of para-hydroxylation sites is 1. The van der Waals surface area contributed by atoms with Gasteiger partial charge in [0.05, 0.1) is 6.54 Å². The van der Waals surface area contributed by atoms with Gasteiger partial charge in [-0.15, -0.1) is 0 Å². The van der Waals surface area contributed by atoms with Crippen LogP contribution in [0.2, 0.25) is 0 Å². The quantitative estimate of drug-likeness (QED) is 0.409. The van der Waals surface area contributed by atoms with Crippen molar-refractivity contribution >= 4 is 22.9 Å². The molecule has 0 aliphatic heterocycles. The number of fused-ring (bicyclic) bond motifs is 1. The molecule has 0 aliphatic rings.